The molecule has 1 aromatic rings. The molecule has 76 valence electrons. The van der Waals surface area contributed by atoms with Crippen LogP contribution in [0, 0.1) is 0 Å². The van der Waals surface area contributed by atoms with Gasteiger partial charge in [-0.1, -0.05) is 31.9 Å². The van der Waals surface area contributed by atoms with Crippen LogP contribution in [0.2, 0.25) is 0 Å². The molecule has 0 saturated carbocycles. The van der Waals surface area contributed by atoms with Crippen molar-refractivity contribution >= 4 is 37.8 Å². The zero-order valence-electron chi connectivity index (χ0n) is 7.13. The molecule has 0 atom stereocenters. The summed E-state index contributed by atoms with van der Waals surface area (Å²) in [5.41, 5.74) is 1.35. The number of phenols is 1. The number of hydrogen-bond acceptors (Lipinski definition) is 2. The first kappa shape index (κ1) is 11.5. The van der Waals surface area contributed by atoms with Gasteiger partial charge in [0, 0.05) is 21.8 Å². The van der Waals surface area contributed by atoms with Gasteiger partial charge in [-0.05, 0) is 12.1 Å². The zero-order chi connectivity index (χ0) is 10.7. The second-order valence-electron chi connectivity index (χ2n) is 2.72. The Morgan fingerprint density at radius 1 is 1.21 bits per heavy atom. The molecule has 5 heteroatoms. The van der Waals surface area contributed by atoms with E-state index in [2.05, 4.69) is 31.9 Å². The van der Waals surface area contributed by atoms with E-state index < -0.39 is 5.97 Å². The maximum atomic E-state index is 10.7. The summed E-state index contributed by atoms with van der Waals surface area (Å²) < 4.78 is 0. The van der Waals surface area contributed by atoms with Crippen molar-refractivity contribution in [2.24, 2.45) is 0 Å². The lowest BCUT2D eigenvalue weighted by Gasteiger charge is -2.07. The number of aromatic carboxylic acids is 1. The molecule has 0 aliphatic carbocycles. The molecule has 0 bridgehead atoms. The first-order chi connectivity index (χ1) is 6.60. The second-order valence-corrected chi connectivity index (χ2v) is 3.84. The number of alkyl halides is 2. The highest BCUT2D eigenvalue weighted by Gasteiger charge is 2.11. The number of benzene rings is 1. The van der Waals surface area contributed by atoms with Gasteiger partial charge in [-0.25, -0.2) is 4.79 Å². The highest BCUT2D eigenvalue weighted by atomic mass is 79.9. The van der Waals surface area contributed by atoms with Gasteiger partial charge in [-0.3, -0.25) is 0 Å². The standard InChI is InChI=1S/C9H8Br2O3/c10-3-6-1-5(9(13)14)2-7(4-11)8(6)12/h1-2,12H,3-4H2,(H,13,14). The molecule has 0 amide bonds. The molecule has 0 aliphatic heterocycles. The van der Waals surface area contributed by atoms with Gasteiger partial charge in [0.1, 0.15) is 5.75 Å². The van der Waals surface area contributed by atoms with E-state index in [1.54, 1.807) is 0 Å². The second kappa shape index (κ2) is 4.79. The van der Waals surface area contributed by atoms with Gasteiger partial charge in [-0.15, -0.1) is 0 Å². The predicted octanol–water partition coefficient (Wildman–Crippen LogP) is 2.88. The number of hydrogen-bond donors (Lipinski definition) is 2. The average molecular weight is 324 g/mol. The summed E-state index contributed by atoms with van der Waals surface area (Å²) in [6, 6.07) is 2.91. The summed E-state index contributed by atoms with van der Waals surface area (Å²) in [7, 11) is 0. The third-order valence-electron chi connectivity index (χ3n) is 1.80. The van der Waals surface area contributed by atoms with E-state index in [0.29, 0.717) is 21.8 Å². The first-order valence-corrected chi connectivity index (χ1v) is 6.04. The number of carboxylic acids is 1. The minimum atomic E-state index is -0.991. The Balaban J connectivity index is 3.32. The number of carbonyl (C=O) groups is 1. The molecule has 0 fully saturated rings. The van der Waals surface area contributed by atoms with Gasteiger partial charge < -0.3 is 10.2 Å². The molecular weight excluding hydrogens is 316 g/mol. The van der Waals surface area contributed by atoms with E-state index >= 15 is 0 Å². The van der Waals surface area contributed by atoms with E-state index in [4.69, 9.17) is 5.11 Å². The Kier molecular flexibility index (Phi) is 3.95. The van der Waals surface area contributed by atoms with Crippen LogP contribution >= 0.6 is 31.9 Å². The summed E-state index contributed by atoms with van der Waals surface area (Å²) in [4.78, 5) is 10.7. The lowest BCUT2D eigenvalue weighted by molar-refractivity contribution is 0.0696. The molecule has 1 aromatic carbocycles. The molecule has 0 radical (unpaired) electrons. The van der Waals surface area contributed by atoms with Crippen LogP contribution in [-0.4, -0.2) is 16.2 Å². The van der Waals surface area contributed by atoms with Crippen LogP contribution in [0.4, 0.5) is 0 Å². The average Bonchev–Trinajstić information content (AvgIpc) is 2.17. The fourth-order valence-corrected chi connectivity index (χ4v) is 1.94. The third kappa shape index (κ3) is 2.27. The van der Waals surface area contributed by atoms with Crippen molar-refractivity contribution < 1.29 is 15.0 Å². The van der Waals surface area contributed by atoms with Gasteiger partial charge in [0.25, 0.3) is 0 Å². The van der Waals surface area contributed by atoms with Crippen LogP contribution in [-0.2, 0) is 10.7 Å². The van der Waals surface area contributed by atoms with Crippen LogP contribution in [0.15, 0.2) is 12.1 Å². The molecular formula is C9H8Br2O3. The maximum Gasteiger partial charge on any atom is 0.335 e. The van der Waals surface area contributed by atoms with Crippen molar-refractivity contribution in [2.45, 2.75) is 10.7 Å². The first-order valence-electron chi connectivity index (χ1n) is 3.80. The van der Waals surface area contributed by atoms with Crippen LogP contribution in [0.25, 0.3) is 0 Å². The highest BCUT2D eigenvalue weighted by Crippen LogP contribution is 2.28. The molecule has 0 aliphatic rings. The number of rotatable bonds is 3. The Morgan fingerprint density at radius 3 is 1.93 bits per heavy atom. The Hall–Kier alpha value is -0.550. The van der Waals surface area contributed by atoms with Crippen molar-refractivity contribution in [3.8, 4) is 5.75 Å². The van der Waals surface area contributed by atoms with Crippen LogP contribution in [0.5, 0.6) is 5.75 Å². The van der Waals surface area contributed by atoms with Crippen molar-refractivity contribution in [1.82, 2.24) is 0 Å². The quantitative estimate of drug-likeness (QED) is 0.841. The molecule has 1 rings (SSSR count). The van der Waals surface area contributed by atoms with E-state index in [9.17, 15) is 9.90 Å². The van der Waals surface area contributed by atoms with E-state index in [1.165, 1.54) is 12.1 Å². The summed E-state index contributed by atoms with van der Waals surface area (Å²) >= 11 is 6.37. The largest absolute Gasteiger partial charge is 0.507 e. The summed E-state index contributed by atoms with van der Waals surface area (Å²) in [6.07, 6.45) is 0. The Labute approximate surface area is 98.0 Å². The predicted molar refractivity (Wildman–Crippen MR) is 60.3 cm³/mol. The normalized spacial score (nSPS) is 10.1. The fraction of sp³-hybridized carbons (Fsp3) is 0.222. The molecule has 0 saturated heterocycles. The molecule has 2 N–H and O–H groups in total. The van der Waals surface area contributed by atoms with Crippen molar-refractivity contribution in [1.29, 1.82) is 0 Å². The van der Waals surface area contributed by atoms with Gasteiger partial charge in [0.15, 0.2) is 0 Å². The number of aromatic hydroxyl groups is 1. The fourth-order valence-electron chi connectivity index (χ4n) is 1.09. The van der Waals surface area contributed by atoms with Crippen molar-refractivity contribution in [3.63, 3.8) is 0 Å². The molecule has 14 heavy (non-hydrogen) atoms. The van der Waals surface area contributed by atoms with E-state index in [0.717, 1.165) is 0 Å². The van der Waals surface area contributed by atoms with Gasteiger partial charge >= 0.3 is 5.97 Å². The van der Waals surface area contributed by atoms with Crippen LogP contribution in [0.1, 0.15) is 21.5 Å². The molecule has 0 heterocycles. The van der Waals surface area contributed by atoms with Crippen LogP contribution in [0.3, 0.4) is 0 Å². The number of phenolic OH excluding ortho intramolecular Hbond substituents is 1. The Morgan fingerprint density at radius 2 is 1.64 bits per heavy atom. The smallest absolute Gasteiger partial charge is 0.335 e. The SMILES string of the molecule is O=C(O)c1cc(CBr)c(O)c(CBr)c1. The molecule has 0 unspecified atom stereocenters. The van der Waals surface area contributed by atoms with Gasteiger partial charge in [0.2, 0.25) is 0 Å². The molecule has 0 aromatic heterocycles. The van der Waals surface area contributed by atoms with Gasteiger partial charge in [0.05, 0.1) is 5.56 Å². The van der Waals surface area contributed by atoms with Crippen molar-refractivity contribution in [3.05, 3.63) is 28.8 Å². The van der Waals surface area contributed by atoms with E-state index in [1.807, 2.05) is 0 Å². The summed E-state index contributed by atoms with van der Waals surface area (Å²) in [6.45, 7) is 0. The number of halogens is 2. The topological polar surface area (TPSA) is 57.5 Å². The minimum Gasteiger partial charge on any atom is -0.507 e. The highest BCUT2D eigenvalue weighted by molar-refractivity contribution is 9.08. The molecule has 0 spiro atoms. The monoisotopic (exact) mass is 322 g/mol. The summed E-state index contributed by atoms with van der Waals surface area (Å²) in [5.74, 6) is -0.849. The lowest BCUT2D eigenvalue weighted by atomic mass is 10.1. The summed E-state index contributed by atoms with van der Waals surface area (Å²) in [5, 5.41) is 19.3. The Bertz CT molecular complexity index is 338. The zero-order valence-corrected chi connectivity index (χ0v) is 10.3. The van der Waals surface area contributed by atoms with Crippen LogP contribution < -0.4 is 0 Å². The minimum absolute atomic E-state index is 0.142. The third-order valence-corrected chi connectivity index (χ3v) is 3.01. The maximum absolute atomic E-state index is 10.7. The lowest BCUT2D eigenvalue weighted by Crippen LogP contribution is -1.99. The molecule has 3 nitrogen and oxygen atoms in total. The van der Waals surface area contributed by atoms with E-state index in [-0.39, 0.29) is 11.3 Å². The number of carboxylic acid groups (broad SMARTS) is 1. The van der Waals surface area contributed by atoms with Crippen molar-refractivity contribution in [2.75, 3.05) is 0 Å². The van der Waals surface area contributed by atoms with Gasteiger partial charge in [-0.2, -0.15) is 0 Å².